The maximum Gasteiger partial charge on any atom is 0.169 e. The molecular formula is C21H28FNO. The molecule has 2 aromatic rings. The lowest BCUT2D eigenvalue weighted by Gasteiger charge is -2.05. The zero-order valence-corrected chi connectivity index (χ0v) is 15.4. The van der Waals surface area contributed by atoms with Crippen LogP contribution in [0.2, 0.25) is 0 Å². The van der Waals surface area contributed by atoms with Crippen LogP contribution in [0.1, 0.15) is 57.8 Å². The fourth-order valence-electron chi connectivity index (χ4n) is 4.18. The van der Waals surface area contributed by atoms with E-state index in [1.54, 1.807) is 6.92 Å². The molecule has 1 saturated carbocycles. The Morgan fingerprint density at radius 1 is 1.21 bits per heavy atom. The fourth-order valence-corrected chi connectivity index (χ4v) is 4.18. The third-order valence-electron chi connectivity index (χ3n) is 6.34. The first-order chi connectivity index (χ1) is 11.2. The second-order valence-corrected chi connectivity index (χ2v) is 8.42. The van der Waals surface area contributed by atoms with Crippen molar-refractivity contribution >= 4 is 16.7 Å². The highest BCUT2D eigenvalue weighted by Gasteiger charge is 2.68. The van der Waals surface area contributed by atoms with Crippen LogP contribution >= 0.6 is 0 Å². The van der Waals surface area contributed by atoms with E-state index in [2.05, 4.69) is 32.3 Å². The molecule has 130 valence electrons. The lowest BCUT2D eigenvalue weighted by Crippen LogP contribution is -2.07. The Labute approximate surface area is 144 Å². The average Bonchev–Trinajstić information content (AvgIpc) is 2.80. The zero-order chi connectivity index (χ0) is 17.7. The maximum atomic E-state index is 13.2. The number of Topliss-reactive ketones (excluding diaryl/α,β-unsaturated/α-hetero) is 1. The Morgan fingerprint density at radius 3 is 2.42 bits per heavy atom. The molecule has 0 amide bonds. The molecule has 1 aliphatic carbocycles. The number of alkyl halides is 1. The summed E-state index contributed by atoms with van der Waals surface area (Å²) in [6.45, 7) is 11.1. The summed E-state index contributed by atoms with van der Waals surface area (Å²) in [5.41, 5.74) is 1.97. The Bertz CT molecular complexity index is 755. The summed E-state index contributed by atoms with van der Waals surface area (Å²) in [7, 11) is 0. The van der Waals surface area contributed by atoms with Crippen molar-refractivity contribution in [2.24, 2.45) is 16.7 Å². The Balaban J connectivity index is 1.93. The molecule has 1 heterocycles. The summed E-state index contributed by atoms with van der Waals surface area (Å²) in [5, 5.41) is 1.02. The quantitative estimate of drug-likeness (QED) is 0.628. The molecule has 0 aliphatic heterocycles. The maximum absolute atomic E-state index is 13.2. The molecule has 2 nitrogen and oxygen atoms in total. The predicted octanol–water partition coefficient (Wildman–Crippen LogP) is 5.64. The number of hydrogen-bond acceptors (Lipinski definition) is 1. The third-order valence-corrected chi connectivity index (χ3v) is 6.34. The van der Waals surface area contributed by atoms with Gasteiger partial charge in [0.2, 0.25) is 0 Å². The molecular weight excluding hydrogens is 301 g/mol. The van der Waals surface area contributed by atoms with Gasteiger partial charge in [0.15, 0.2) is 5.78 Å². The summed E-state index contributed by atoms with van der Waals surface area (Å²) < 4.78 is 15.2. The first-order valence-corrected chi connectivity index (χ1v) is 8.94. The molecule has 24 heavy (non-hydrogen) atoms. The number of hydrogen-bond donors (Lipinski definition) is 0. The van der Waals surface area contributed by atoms with E-state index in [9.17, 15) is 9.18 Å². The highest BCUT2D eigenvalue weighted by molar-refractivity contribution is 6.11. The molecule has 0 spiro atoms. The number of para-hydroxylation sites is 1. The smallest absolute Gasteiger partial charge is 0.169 e. The van der Waals surface area contributed by atoms with Crippen LogP contribution in [-0.2, 0) is 6.54 Å². The Hall–Kier alpha value is -1.64. The lowest BCUT2D eigenvalue weighted by molar-refractivity contribution is 0.0946. The van der Waals surface area contributed by atoms with E-state index in [4.69, 9.17) is 0 Å². The van der Waals surface area contributed by atoms with Gasteiger partial charge in [0.25, 0.3) is 0 Å². The summed E-state index contributed by atoms with van der Waals surface area (Å²) in [5.74, 6) is 0.314. The van der Waals surface area contributed by atoms with Crippen molar-refractivity contribution in [3.05, 3.63) is 36.0 Å². The number of nitrogens with zero attached hydrogens (tertiary/aromatic N) is 1. The summed E-state index contributed by atoms with van der Waals surface area (Å²) in [6.07, 6.45) is 2.55. The van der Waals surface area contributed by atoms with Gasteiger partial charge in [0.05, 0.1) is 6.17 Å². The first kappa shape index (κ1) is 17.2. The van der Waals surface area contributed by atoms with Crippen molar-refractivity contribution in [2.45, 2.75) is 60.2 Å². The van der Waals surface area contributed by atoms with Crippen LogP contribution in [0, 0.1) is 16.7 Å². The van der Waals surface area contributed by atoms with Crippen LogP contribution in [-0.4, -0.2) is 16.5 Å². The monoisotopic (exact) mass is 329 g/mol. The van der Waals surface area contributed by atoms with Crippen molar-refractivity contribution in [1.29, 1.82) is 0 Å². The number of ketones is 1. The molecule has 3 rings (SSSR count). The van der Waals surface area contributed by atoms with Gasteiger partial charge >= 0.3 is 0 Å². The highest BCUT2D eigenvalue weighted by Crippen LogP contribution is 2.69. The van der Waals surface area contributed by atoms with Crippen molar-refractivity contribution in [3.8, 4) is 0 Å². The topological polar surface area (TPSA) is 22.0 Å². The van der Waals surface area contributed by atoms with Gasteiger partial charge < -0.3 is 4.57 Å². The molecule has 1 aromatic carbocycles. The predicted molar refractivity (Wildman–Crippen MR) is 97.1 cm³/mol. The second kappa shape index (κ2) is 5.72. The Morgan fingerprint density at radius 2 is 1.83 bits per heavy atom. The number of carbonyl (C=O) groups is 1. The standard InChI is InChI=1S/C21H28FNO/c1-14(22)9-8-12-23-13-16(15-10-6-7-11-17(15)23)18(24)19-20(2,3)21(19,4)5/h6-7,10-11,13-14,19H,8-9,12H2,1-5H3/t14-/m0/s1. The molecule has 0 unspecified atom stereocenters. The van der Waals surface area contributed by atoms with Crippen LogP contribution in [0.5, 0.6) is 0 Å². The first-order valence-electron chi connectivity index (χ1n) is 8.94. The summed E-state index contributed by atoms with van der Waals surface area (Å²) in [6, 6.07) is 8.06. The normalized spacial score (nSPS) is 20.2. The highest BCUT2D eigenvalue weighted by atomic mass is 19.1. The molecule has 1 aliphatic rings. The molecule has 1 fully saturated rings. The van der Waals surface area contributed by atoms with Gasteiger partial charge in [0.1, 0.15) is 0 Å². The van der Waals surface area contributed by atoms with Gasteiger partial charge in [-0.1, -0.05) is 45.9 Å². The molecule has 3 heteroatoms. The SMILES string of the molecule is C[C@H](F)CCCn1cc(C(=O)C2C(C)(C)C2(C)C)c2ccccc21. The molecule has 1 atom stereocenters. The number of rotatable bonds is 6. The lowest BCUT2D eigenvalue weighted by atomic mass is 10.0. The van der Waals surface area contributed by atoms with Gasteiger partial charge in [0, 0.05) is 35.1 Å². The van der Waals surface area contributed by atoms with E-state index in [1.165, 1.54) is 0 Å². The van der Waals surface area contributed by atoms with Gasteiger partial charge in [-0.05, 0) is 36.7 Å². The van der Waals surface area contributed by atoms with E-state index in [0.717, 1.165) is 29.4 Å². The van der Waals surface area contributed by atoms with Gasteiger partial charge in [-0.3, -0.25) is 4.79 Å². The van der Waals surface area contributed by atoms with Crippen LogP contribution in [0.15, 0.2) is 30.5 Å². The number of aromatic nitrogens is 1. The molecule has 0 saturated heterocycles. The number of halogens is 1. The van der Waals surface area contributed by atoms with Crippen molar-refractivity contribution in [3.63, 3.8) is 0 Å². The van der Waals surface area contributed by atoms with Gasteiger partial charge in [-0.2, -0.15) is 0 Å². The zero-order valence-electron chi connectivity index (χ0n) is 15.4. The van der Waals surface area contributed by atoms with E-state index in [-0.39, 0.29) is 22.5 Å². The van der Waals surface area contributed by atoms with Crippen LogP contribution in [0.4, 0.5) is 4.39 Å². The van der Waals surface area contributed by atoms with Gasteiger partial charge in [-0.15, -0.1) is 0 Å². The van der Waals surface area contributed by atoms with Crippen LogP contribution < -0.4 is 0 Å². The Kier molecular flexibility index (Phi) is 4.09. The number of aryl methyl sites for hydroxylation is 1. The number of fused-ring (bicyclic) bond motifs is 1. The van der Waals surface area contributed by atoms with E-state index in [0.29, 0.717) is 6.42 Å². The molecule has 0 radical (unpaired) electrons. The van der Waals surface area contributed by atoms with Crippen LogP contribution in [0.3, 0.4) is 0 Å². The molecule has 0 N–H and O–H groups in total. The number of carbonyl (C=O) groups excluding carboxylic acids is 1. The summed E-state index contributed by atoms with van der Waals surface area (Å²) in [4.78, 5) is 13.2. The van der Waals surface area contributed by atoms with E-state index in [1.807, 2.05) is 30.5 Å². The average molecular weight is 329 g/mol. The second-order valence-electron chi connectivity index (χ2n) is 8.42. The minimum atomic E-state index is -0.777. The van der Waals surface area contributed by atoms with E-state index < -0.39 is 6.17 Å². The van der Waals surface area contributed by atoms with Crippen molar-refractivity contribution in [2.75, 3.05) is 0 Å². The molecule has 0 bridgehead atoms. The largest absolute Gasteiger partial charge is 0.347 e. The van der Waals surface area contributed by atoms with Gasteiger partial charge in [-0.25, -0.2) is 4.39 Å². The minimum absolute atomic E-state index is 0.0386. The minimum Gasteiger partial charge on any atom is -0.347 e. The van der Waals surface area contributed by atoms with E-state index >= 15 is 0 Å². The summed E-state index contributed by atoms with van der Waals surface area (Å²) >= 11 is 0. The van der Waals surface area contributed by atoms with Crippen molar-refractivity contribution < 1.29 is 9.18 Å². The van der Waals surface area contributed by atoms with Crippen molar-refractivity contribution in [1.82, 2.24) is 4.57 Å². The third kappa shape index (κ3) is 2.58. The van der Waals surface area contributed by atoms with Crippen LogP contribution in [0.25, 0.3) is 10.9 Å². The fraction of sp³-hybridized carbons (Fsp3) is 0.571. The number of benzene rings is 1. The molecule has 1 aromatic heterocycles.